The summed E-state index contributed by atoms with van der Waals surface area (Å²) >= 11 is 0. The molecule has 6 nitrogen and oxygen atoms in total. The zero-order chi connectivity index (χ0) is 15.5. The fourth-order valence-corrected chi connectivity index (χ4v) is 2.53. The number of aromatic nitrogens is 2. The van der Waals surface area contributed by atoms with Crippen LogP contribution in [0.1, 0.15) is 68.7 Å². The van der Waals surface area contributed by atoms with E-state index in [4.69, 9.17) is 5.84 Å². The molecule has 21 heavy (non-hydrogen) atoms. The number of nitrogens with two attached hydrogens (primary N) is 1. The second-order valence-corrected chi connectivity index (χ2v) is 6.22. The van der Waals surface area contributed by atoms with Gasteiger partial charge in [-0.05, 0) is 24.7 Å². The minimum Gasteiger partial charge on any atom is -0.350 e. The first kappa shape index (κ1) is 15.7. The van der Waals surface area contributed by atoms with E-state index in [-0.39, 0.29) is 11.8 Å². The molecule has 2 rings (SSSR count). The number of nitrogens with zero attached hydrogens (tertiary/aromatic N) is 2. The number of rotatable bonds is 7. The molecule has 1 aromatic rings. The van der Waals surface area contributed by atoms with Crippen LogP contribution in [0.15, 0.2) is 6.20 Å². The molecule has 0 unspecified atom stereocenters. The van der Waals surface area contributed by atoms with Crippen LogP contribution in [0.3, 0.4) is 0 Å². The predicted octanol–water partition coefficient (Wildman–Crippen LogP) is 2.20. The lowest BCUT2D eigenvalue weighted by Gasteiger charge is -2.16. The molecule has 0 radical (unpaired) electrons. The van der Waals surface area contributed by atoms with Gasteiger partial charge in [-0.2, -0.15) is 0 Å². The van der Waals surface area contributed by atoms with Crippen molar-refractivity contribution >= 4 is 11.6 Å². The van der Waals surface area contributed by atoms with Crippen LogP contribution < -0.4 is 16.6 Å². The van der Waals surface area contributed by atoms with E-state index in [9.17, 15) is 4.79 Å². The lowest BCUT2D eigenvalue weighted by atomic mass is 10.0. The molecule has 6 heteroatoms. The highest BCUT2D eigenvalue weighted by Crippen LogP contribution is 2.48. The Morgan fingerprint density at radius 1 is 1.48 bits per heavy atom. The van der Waals surface area contributed by atoms with Crippen molar-refractivity contribution < 1.29 is 4.79 Å². The van der Waals surface area contributed by atoms with Gasteiger partial charge in [0.1, 0.15) is 5.82 Å². The van der Waals surface area contributed by atoms with Crippen LogP contribution in [-0.4, -0.2) is 22.4 Å². The molecule has 0 bridgehead atoms. The second-order valence-electron chi connectivity index (χ2n) is 6.22. The third-order valence-corrected chi connectivity index (χ3v) is 4.06. The van der Waals surface area contributed by atoms with Gasteiger partial charge in [0.15, 0.2) is 5.69 Å². The van der Waals surface area contributed by atoms with Crippen LogP contribution in [0.4, 0.5) is 5.69 Å². The lowest BCUT2D eigenvalue weighted by molar-refractivity contribution is 0.0939. The molecule has 0 aliphatic heterocycles. The van der Waals surface area contributed by atoms with E-state index in [0.29, 0.717) is 29.2 Å². The highest BCUT2D eigenvalue weighted by Gasteiger charge is 2.41. The molecular weight excluding hydrogens is 266 g/mol. The summed E-state index contributed by atoms with van der Waals surface area (Å²) in [6.07, 6.45) is 6.28. The number of anilines is 1. The quantitative estimate of drug-likeness (QED) is 0.529. The second kappa shape index (κ2) is 6.39. The summed E-state index contributed by atoms with van der Waals surface area (Å²) in [5.74, 6) is 6.07. The van der Waals surface area contributed by atoms with E-state index in [0.717, 1.165) is 12.8 Å². The largest absolute Gasteiger partial charge is 0.350 e. The van der Waals surface area contributed by atoms with Crippen LogP contribution in [0.25, 0.3) is 0 Å². The molecule has 0 aromatic carbocycles. The van der Waals surface area contributed by atoms with Crippen molar-refractivity contribution in [3.63, 3.8) is 0 Å². The molecule has 1 aliphatic carbocycles. The maximum atomic E-state index is 12.4. The Morgan fingerprint density at radius 3 is 2.71 bits per heavy atom. The molecule has 116 valence electrons. The van der Waals surface area contributed by atoms with Crippen LogP contribution >= 0.6 is 0 Å². The Hall–Kier alpha value is -1.69. The van der Waals surface area contributed by atoms with E-state index in [2.05, 4.69) is 27.6 Å². The average Bonchev–Trinajstić information content (AvgIpc) is 3.24. The van der Waals surface area contributed by atoms with Crippen molar-refractivity contribution in [2.45, 2.75) is 52.4 Å². The monoisotopic (exact) mass is 291 g/mol. The summed E-state index contributed by atoms with van der Waals surface area (Å²) in [4.78, 5) is 20.9. The summed E-state index contributed by atoms with van der Waals surface area (Å²) in [5.41, 5.74) is 3.59. The Bertz CT molecular complexity index is 511. The van der Waals surface area contributed by atoms with Gasteiger partial charge in [-0.15, -0.1) is 0 Å². The maximum Gasteiger partial charge on any atom is 0.272 e. The predicted molar refractivity (Wildman–Crippen MR) is 82.8 cm³/mol. The number of hydrazine groups is 1. The van der Waals surface area contributed by atoms with Gasteiger partial charge in [-0.25, -0.2) is 9.97 Å². The first-order chi connectivity index (χ1) is 10.0. The van der Waals surface area contributed by atoms with Crippen molar-refractivity contribution in [1.82, 2.24) is 15.3 Å². The molecule has 1 aliphatic rings. The van der Waals surface area contributed by atoms with Crippen LogP contribution in [0.2, 0.25) is 0 Å². The van der Waals surface area contributed by atoms with Crippen molar-refractivity contribution in [1.29, 1.82) is 0 Å². The van der Waals surface area contributed by atoms with Gasteiger partial charge in [0.2, 0.25) is 0 Å². The lowest BCUT2D eigenvalue weighted by Crippen LogP contribution is -2.32. The molecule has 1 saturated carbocycles. The van der Waals surface area contributed by atoms with Crippen molar-refractivity contribution in [3.8, 4) is 0 Å². The standard InChI is InChI=1S/C15H25N5O/c1-4-5-15(6-7-15)9-18-14(21)12-11(20-16)8-17-13(19-12)10(2)3/h8,10,20H,4-7,9,16H2,1-3H3,(H,18,21). The summed E-state index contributed by atoms with van der Waals surface area (Å²) in [6.45, 7) is 6.88. The van der Waals surface area contributed by atoms with Gasteiger partial charge in [0, 0.05) is 12.5 Å². The number of nitrogen functional groups attached to an aromatic ring is 1. The average molecular weight is 291 g/mol. The summed E-state index contributed by atoms with van der Waals surface area (Å²) in [6, 6.07) is 0. The topological polar surface area (TPSA) is 92.9 Å². The molecule has 0 spiro atoms. The molecule has 1 heterocycles. The van der Waals surface area contributed by atoms with E-state index < -0.39 is 0 Å². The SMILES string of the molecule is CCCC1(CNC(=O)c2nc(C(C)C)ncc2NN)CC1. The van der Waals surface area contributed by atoms with E-state index in [1.165, 1.54) is 12.8 Å². The van der Waals surface area contributed by atoms with Gasteiger partial charge < -0.3 is 10.7 Å². The van der Waals surface area contributed by atoms with Gasteiger partial charge in [0.05, 0.1) is 11.9 Å². The summed E-state index contributed by atoms with van der Waals surface area (Å²) in [5, 5.41) is 3.00. The summed E-state index contributed by atoms with van der Waals surface area (Å²) < 4.78 is 0. The fraction of sp³-hybridized carbons (Fsp3) is 0.667. The molecule has 1 fully saturated rings. The van der Waals surface area contributed by atoms with Crippen molar-refractivity contribution in [2.24, 2.45) is 11.3 Å². The van der Waals surface area contributed by atoms with Crippen LogP contribution in [-0.2, 0) is 0 Å². The van der Waals surface area contributed by atoms with Crippen LogP contribution in [0, 0.1) is 5.41 Å². The molecule has 0 atom stereocenters. The normalized spacial score (nSPS) is 15.9. The van der Waals surface area contributed by atoms with E-state index in [1.807, 2.05) is 13.8 Å². The Morgan fingerprint density at radius 2 is 2.19 bits per heavy atom. The number of nitrogens with one attached hydrogen (secondary N) is 2. The van der Waals surface area contributed by atoms with Gasteiger partial charge in [-0.3, -0.25) is 10.6 Å². The molecule has 1 amide bonds. The molecule has 1 aromatic heterocycles. The number of hydrogen-bond acceptors (Lipinski definition) is 5. The fourth-order valence-electron chi connectivity index (χ4n) is 2.53. The summed E-state index contributed by atoms with van der Waals surface area (Å²) in [7, 11) is 0. The third-order valence-electron chi connectivity index (χ3n) is 4.06. The molecule has 4 N–H and O–H groups in total. The van der Waals surface area contributed by atoms with Gasteiger partial charge >= 0.3 is 0 Å². The van der Waals surface area contributed by atoms with Crippen molar-refractivity contribution in [2.75, 3.05) is 12.0 Å². The Balaban J connectivity index is 2.09. The van der Waals surface area contributed by atoms with E-state index >= 15 is 0 Å². The highest BCUT2D eigenvalue weighted by atomic mass is 16.1. The van der Waals surface area contributed by atoms with Gasteiger partial charge in [0.25, 0.3) is 5.91 Å². The van der Waals surface area contributed by atoms with Gasteiger partial charge in [-0.1, -0.05) is 27.2 Å². The zero-order valence-corrected chi connectivity index (χ0v) is 13.1. The number of hydrogen-bond donors (Lipinski definition) is 3. The minimum atomic E-state index is -0.186. The Kier molecular flexibility index (Phi) is 4.77. The first-order valence-electron chi connectivity index (χ1n) is 7.63. The Labute approximate surface area is 125 Å². The number of carbonyl (C=O) groups is 1. The number of carbonyl (C=O) groups excluding carboxylic acids is 1. The van der Waals surface area contributed by atoms with E-state index in [1.54, 1.807) is 6.20 Å². The first-order valence-corrected chi connectivity index (χ1v) is 7.63. The smallest absolute Gasteiger partial charge is 0.272 e. The highest BCUT2D eigenvalue weighted by molar-refractivity contribution is 5.97. The minimum absolute atomic E-state index is 0.165. The molecular formula is C15H25N5O. The third kappa shape index (κ3) is 3.69. The number of amides is 1. The van der Waals surface area contributed by atoms with Crippen molar-refractivity contribution in [3.05, 3.63) is 17.7 Å². The zero-order valence-electron chi connectivity index (χ0n) is 13.1. The van der Waals surface area contributed by atoms with Crippen LogP contribution in [0.5, 0.6) is 0 Å². The maximum absolute atomic E-state index is 12.4. The molecule has 0 saturated heterocycles.